The Kier molecular flexibility index (Phi) is 6.77. The van der Waals surface area contributed by atoms with E-state index in [0.717, 1.165) is 0 Å². The molecule has 1 aromatic rings. The zero-order valence-corrected chi connectivity index (χ0v) is 15.3. The van der Waals surface area contributed by atoms with Gasteiger partial charge in [-0.05, 0) is 18.2 Å². The van der Waals surface area contributed by atoms with Gasteiger partial charge in [0.05, 0.1) is 18.2 Å². The third-order valence-corrected chi connectivity index (χ3v) is 5.95. The second-order valence-corrected chi connectivity index (χ2v) is 7.71. The Bertz CT molecular complexity index is 748. The molecule has 1 aliphatic heterocycles. The van der Waals surface area contributed by atoms with Gasteiger partial charge >= 0.3 is 0 Å². The smallest absolute Gasteiger partial charge is 0.251 e. The molecule has 10 heteroatoms. The summed E-state index contributed by atoms with van der Waals surface area (Å²) in [6.45, 7) is 3.02. The highest BCUT2D eigenvalue weighted by Crippen LogP contribution is 2.26. The van der Waals surface area contributed by atoms with Crippen molar-refractivity contribution in [3.05, 3.63) is 28.8 Å². The Labute approximate surface area is 151 Å². The molecule has 1 aliphatic rings. The van der Waals surface area contributed by atoms with Gasteiger partial charge in [-0.1, -0.05) is 11.6 Å². The van der Waals surface area contributed by atoms with E-state index < -0.39 is 15.9 Å². The number of nitrogens with zero attached hydrogens (tertiary/aromatic N) is 1. The average Bonchev–Trinajstić information content (AvgIpc) is 2.59. The first-order valence-electron chi connectivity index (χ1n) is 7.72. The van der Waals surface area contributed by atoms with Crippen molar-refractivity contribution >= 4 is 33.4 Å². The van der Waals surface area contributed by atoms with Crippen LogP contribution in [0.2, 0.25) is 5.02 Å². The molecule has 2 rings (SSSR count). The minimum Gasteiger partial charge on any atom is -0.379 e. The minimum absolute atomic E-state index is 0.0567. The summed E-state index contributed by atoms with van der Waals surface area (Å²) in [4.78, 5) is 22.8. The number of carbonyl (C=O) groups is 2. The van der Waals surface area contributed by atoms with E-state index in [-0.39, 0.29) is 47.6 Å². The van der Waals surface area contributed by atoms with Gasteiger partial charge in [0.25, 0.3) is 5.91 Å². The highest BCUT2D eigenvalue weighted by atomic mass is 35.5. The van der Waals surface area contributed by atoms with Gasteiger partial charge in [-0.25, -0.2) is 8.42 Å². The maximum Gasteiger partial charge on any atom is 0.251 e. The molecule has 0 spiro atoms. The molecule has 1 fully saturated rings. The molecule has 2 amide bonds. The third-order valence-electron chi connectivity index (χ3n) is 3.57. The highest BCUT2D eigenvalue weighted by Gasteiger charge is 2.29. The number of carbonyl (C=O) groups excluding carboxylic acids is 2. The van der Waals surface area contributed by atoms with Crippen LogP contribution >= 0.6 is 11.6 Å². The number of hydrogen-bond donors (Lipinski definition) is 2. The van der Waals surface area contributed by atoms with Crippen molar-refractivity contribution in [2.24, 2.45) is 0 Å². The van der Waals surface area contributed by atoms with Crippen molar-refractivity contribution in [1.82, 2.24) is 14.9 Å². The number of nitrogens with one attached hydrogen (secondary N) is 2. The zero-order chi connectivity index (χ0) is 18.4. The van der Waals surface area contributed by atoms with Crippen LogP contribution in [0.15, 0.2) is 23.1 Å². The highest BCUT2D eigenvalue weighted by molar-refractivity contribution is 7.89. The topological polar surface area (TPSA) is 105 Å². The predicted octanol–water partition coefficient (Wildman–Crippen LogP) is 0.227. The molecule has 0 atom stereocenters. The second-order valence-electron chi connectivity index (χ2n) is 5.40. The molecule has 25 heavy (non-hydrogen) atoms. The molecule has 1 saturated heterocycles. The molecule has 0 saturated carbocycles. The fraction of sp³-hybridized carbons (Fsp3) is 0.467. The summed E-state index contributed by atoms with van der Waals surface area (Å²) in [5.41, 5.74) is 0.180. The lowest BCUT2D eigenvalue weighted by Crippen LogP contribution is -2.40. The summed E-state index contributed by atoms with van der Waals surface area (Å²) < 4.78 is 31.9. The van der Waals surface area contributed by atoms with Gasteiger partial charge in [-0.2, -0.15) is 4.31 Å². The quantitative estimate of drug-likeness (QED) is 0.677. The van der Waals surface area contributed by atoms with Crippen LogP contribution in [0.25, 0.3) is 0 Å². The largest absolute Gasteiger partial charge is 0.379 e. The number of halogens is 1. The Morgan fingerprint density at radius 1 is 1.20 bits per heavy atom. The van der Waals surface area contributed by atoms with Gasteiger partial charge in [0.15, 0.2) is 0 Å². The summed E-state index contributed by atoms with van der Waals surface area (Å²) in [7, 11) is -3.80. The molecule has 1 heterocycles. The van der Waals surface area contributed by atoms with Crippen LogP contribution in [0.1, 0.15) is 17.3 Å². The summed E-state index contributed by atoms with van der Waals surface area (Å²) >= 11 is 6.05. The monoisotopic (exact) mass is 389 g/mol. The van der Waals surface area contributed by atoms with Crippen LogP contribution in [0.3, 0.4) is 0 Å². The van der Waals surface area contributed by atoms with Gasteiger partial charge < -0.3 is 15.4 Å². The summed E-state index contributed by atoms with van der Waals surface area (Å²) in [5.74, 6) is -0.639. The number of amides is 2. The van der Waals surface area contributed by atoms with E-state index >= 15 is 0 Å². The number of ether oxygens (including phenoxy) is 1. The van der Waals surface area contributed by atoms with E-state index in [9.17, 15) is 18.0 Å². The predicted molar refractivity (Wildman–Crippen MR) is 92.0 cm³/mol. The van der Waals surface area contributed by atoms with Crippen LogP contribution in [0.4, 0.5) is 0 Å². The number of rotatable bonds is 6. The molecule has 1 aromatic carbocycles. The number of hydrogen-bond acceptors (Lipinski definition) is 5. The lowest BCUT2D eigenvalue weighted by atomic mass is 10.2. The van der Waals surface area contributed by atoms with Crippen molar-refractivity contribution < 1.29 is 22.7 Å². The number of benzene rings is 1. The van der Waals surface area contributed by atoms with Gasteiger partial charge in [-0.15, -0.1) is 0 Å². The first kappa shape index (κ1) is 19.6. The Morgan fingerprint density at radius 2 is 1.84 bits per heavy atom. The SMILES string of the molecule is CC(=O)NCCNC(=O)c1ccc(Cl)c(S(=O)(=O)N2CCOCC2)c1. The summed E-state index contributed by atoms with van der Waals surface area (Å²) in [5, 5.41) is 5.21. The maximum atomic E-state index is 12.7. The Morgan fingerprint density at radius 3 is 2.48 bits per heavy atom. The fourth-order valence-corrected chi connectivity index (χ4v) is 4.19. The molecule has 2 N–H and O–H groups in total. The first-order chi connectivity index (χ1) is 11.8. The van der Waals surface area contributed by atoms with Crippen molar-refractivity contribution in [2.45, 2.75) is 11.8 Å². The van der Waals surface area contributed by atoms with Gasteiger partial charge in [0.1, 0.15) is 4.90 Å². The molecule has 8 nitrogen and oxygen atoms in total. The van der Waals surface area contributed by atoms with Gasteiger partial charge in [0.2, 0.25) is 15.9 Å². The first-order valence-corrected chi connectivity index (χ1v) is 9.54. The van der Waals surface area contributed by atoms with Crippen molar-refractivity contribution in [3.8, 4) is 0 Å². The number of morpholine rings is 1. The summed E-state index contributed by atoms with van der Waals surface area (Å²) in [6.07, 6.45) is 0. The van der Waals surface area contributed by atoms with Crippen LogP contribution in [0, 0.1) is 0 Å². The van der Waals surface area contributed by atoms with E-state index in [2.05, 4.69) is 10.6 Å². The van der Waals surface area contributed by atoms with E-state index in [1.807, 2.05) is 0 Å². The van der Waals surface area contributed by atoms with E-state index in [1.54, 1.807) is 0 Å². The molecule has 0 aromatic heterocycles. The zero-order valence-electron chi connectivity index (χ0n) is 13.7. The molecule has 0 aliphatic carbocycles. The average molecular weight is 390 g/mol. The number of sulfonamides is 1. The molecule has 138 valence electrons. The van der Waals surface area contributed by atoms with E-state index in [4.69, 9.17) is 16.3 Å². The van der Waals surface area contributed by atoms with Crippen LogP contribution in [0.5, 0.6) is 0 Å². The molecular formula is C15H20ClN3O5S. The molecule has 0 unspecified atom stereocenters. The fourth-order valence-electron chi connectivity index (χ4n) is 2.28. The maximum absolute atomic E-state index is 12.7. The van der Waals surface area contributed by atoms with Crippen LogP contribution < -0.4 is 10.6 Å². The molecular weight excluding hydrogens is 370 g/mol. The van der Waals surface area contributed by atoms with Crippen molar-refractivity contribution in [3.63, 3.8) is 0 Å². The second kappa shape index (κ2) is 8.61. The Hall–Kier alpha value is -1.68. The van der Waals surface area contributed by atoms with Crippen molar-refractivity contribution in [1.29, 1.82) is 0 Å². The van der Waals surface area contributed by atoms with Crippen LogP contribution in [-0.4, -0.2) is 63.9 Å². The third kappa shape index (κ3) is 5.15. The standard InChI is InChI=1S/C15H20ClN3O5S/c1-11(20)17-4-5-18-15(21)12-2-3-13(16)14(10-12)25(22,23)19-6-8-24-9-7-19/h2-3,10H,4-9H2,1H3,(H,17,20)(H,18,21). The minimum atomic E-state index is -3.80. The lowest BCUT2D eigenvalue weighted by Gasteiger charge is -2.26. The van der Waals surface area contributed by atoms with E-state index in [0.29, 0.717) is 13.2 Å². The lowest BCUT2D eigenvalue weighted by molar-refractivity contribution is -0.118. The summed E-state index contributed by atoms with van der Waals surface area (Å²) in [6, 6.07) is 4.10. The van der Waals surface area contributed by atoms with E-state index in [1.165, 1.54) is 29.4 Å². The van der Waals surface area contributed by atoms with Gasteiger partial charge in [0, 0.05) is 38.7 Å². The molecule has 0 bridgehead atoms. The normalized spacial score (nSPS) is 15.6. The van der Waals surface area contributed by atoms with Gasteiger partial charge in [-0.3, -0.25) is 9.59 Å². The Balaban J connectivity index is 2.13. The molecule has 0 radical (unpaired) electrons. The van der Waals surface area contributed by atoms with Crippen LogP contribution in [-0.2, 0) is 19.6 Å². The van der Waals surface area contributed by atoms with Crippen molar-refractivity contribution in [2.75, 3.05) is 39.4 Å².